The van der Waals surface area contributed by atoms with Crippen molar-refractivity contribution in [1.82, 2.24) is 0 Å². The average molecular weight is 222 g/mol. The molecule has 0 aromatic heterocycles. The monoisotopic (exact) mass is 222 g/mol. The number of benzene rings is 1. The Morgan fingerprint density at radius 2 is 2.00 bits per heavy atom. The summed E-state index contributed by atoms with van der Waals surface area (Å²) in [4.78, 5) is 0. The Labute approximate surface area is 98.3 Å². The van der Waals surface area contributed by atoms with Gasteiger partial charge in [0.15, 0.2) is 0 Å². The molecule has 0 unspecified atom stereocenters. The van der Waals surface area contributed by atoms with E-state index in [0.29, 0.717) is 6.61 Å². The fraction of sp³-hybridized carbons (Fsp3) is 0.571. The lowest BCUT2D eigenvalue weighted by Crippen LogP contribution is -2.20. The second-order valence-corrected chi connectivity index (χ2v) is 4.79. The van der Waals surface area contributed by atoms with Crippen LogP contribution in [0.2, 0.25) is 0 Å². The Morgan fingerprint density at radius 1 is 1.31 bits per heavy atom. The van der Waals surface area contributed by atoms with Crippen LogP contribution < -0.4 is 4.74 Å². The van der Waals surface area contributed by atoms with E-state index in [-0.39, 0.29) is 12.0 Å². The van der Waals surface area contributed by atoms with Gasteiger partial charge in [0.25, 0.3) is 0 Å². The van der Waals surface area contributed by atoms with Crippen LogP contribution in [-0.2, 0) is 5.41 Å². The molecular formula is C14H22O2. The molecule has 1 aromatic carbocycles. The van der Waals surface area contributed by atoms with Gasteiger partial charge in [-0.15, -0.1) is 0 Å². The van der Waals surface area contributed by atoms with Gasteiger partial charge in [-0.1, -0.05) is 31.5 Å². The number of aliphatic hydroxyl groups excluding tert-OH is 1. The molecule has 2 heteroatoms. The van der Waals surface area contributed by atoms with Crippen molar-refractivity contribution in [3.63, 3.8) is 0 Å². The summed E-state index contributed by atoms with van der Waals surface area (Å²) < 4.78 is 5.64. The van der Waals surface area contributed by atoms with Crippen LogP contribution in [0, 0.1) is 6.92 Å². The Morgan fingerprint density at radius 3 is 2.56 bits per heavy atom. The third kappa shape index (κ3) is 2.99. The summed E-state index contributed by atoms with van der Waals surface area (Å²) in [5, 5.41) is 9.11. The van der Waals surface area contributed by atoms with Crippen LogP contribution in [0.5, 0.6) is 5.75 Å². The van der Waals surface area contributed by atoms with E-state index in [0.717, 1.165) is 12.2 Å². The van der Waals surface area contributed by atoms with Gasteiger partial charge >= 0.3 is 0 Å². The van der Waals surface area contributed by atoms with Gasteiger partial charge in [-0.25, -0.2) is 0 Å². The minimum absolute atomic E-state index is 0.0503. The molecule has 0 spiro atoms. The summed E-state index contributed by atoms with van der Waals surface area (Å²) in [5.41, 5.74) is 2.36. The van der Waals surface area contributed by atoms with Gasteiger partial charge < -0.3 is 9.84 Å². The SMILES string of the molecule is CCOc1ccc(C)cc1C(C)(C)CCO. The van der Waals surface area contributed by atoms with E-state index in [1.165, 1.54) is 11.1 Å². The molecule has 0 aliphatic heterocycles. The van der Waals surface area contributed by atoms with Gasteiger partial charge in [0.05, 0.1) is 6.61 Å². The summed E-state index contributed by atoms with van der Waals surface area (Å²) in [6.07, 6.45) is 0.747. The fourth-order valence-electron chi connectivity index (χ4n) is 1.87. The maximum absolute atomic E-state index is 9.11. The molecule has 1 rings (SSSR count). The lowest BCUT2D eigenvalue weighted by molar-refractivity contribution is 0.247. The second-order valence-electron chi connectivity index (χ2n) is 4.79. The Hall–Kier alpha value is -1.02. The number of hydrogen-bond donors (Lipinski definition) is 1. The van der Waals surface area contributed by atoms with E-state index >= 15 is 0 Å². The van der Waals surface area contributed by atoms with Crippen molar-refractivity contribution in [3.05, 3.63) is 29.3 Å². The minimum atomic E-state index is -0.0503. The average Bonchev–Trinajstić information content (AvgIpc) is 2.21. The summed E-state index contributed by atoms with van der Waals surface area (Å²) in [6.45, 7) is 9.22. The molecular weight excluding hydrogens is 200 g/mol. The highest BCUT2D eigenvalue weighted by molar-refractivity contribution is 5.41. The smallest absolute Gasteiger partial charge is 0.123 e. The molecule has 0 bridgehead atoms. The molecule has 2 nitrogen and oxygen atoms in total. The molecule has 0 atom stereocenters. The summed E-state index contributed by atoms with van der Waals surface area (Å²) >= 11 is 0. The molecule has 90 valence electrons. The third-order valence-electron chi connectivity index (χ3n) is 2.90. The van der Waals surface area contributed by atoms with Crippen LogP contribution in [0.25, 0.3) is 0 Å². The van der Waals surface area contributed by atoms with Crippen molar-refractivity contribution in [3.8, 4) is 5.75 Å². The van der Waals surface area contributed by atoms with Crippen LogP contribution in [0.3, 0.4) is 0 Å². The van der Waals surface area contributed by atoms with Crippen molar-refractivity contribution in [2.24, 2.45) is 0 Å². The van der Waals surface area contributed by atoms with Crippen LogP contribution in [0.4, 0.5) is 0 Å². The van der Waals surface area contributed by atoms with E-state index < -0.39 is 0 Å². The molecule has 0 radical (unpaired) electrons. The standard InChI is InChI=1S/C14H22O2/c1-5-16-13-7-6-11(2)10-12(13)14(3,4)8-9-15/h6-7,10,15H,5,8-9H2,1-4H3. The largest absolute Gasteiger partial charge is 0.494 e. The summed E-state index contributed by atoms with van der Waals surface area (Å²) in [6, 6.07) is 6.23. The molecule has 0 heterocycles. The zero-order valence-electron chi connectivity index (χ0n) is 10.7. The van der Waals surface area contributed by atoms with Crippen LogP contribution >= 0.6 is 0 Å². The van der Waals surface area contributed by atoms with Crippen LogP contribution in [-0.4, -0.2) is 18.3 Å². The van der Waals surface area contributed by atoms with Crippen molar-refractivity contribution in [2.75, 3.05) is 13.2 Å². The molecule has 0 saturated heterocycles. The number of rotatable bonds is 5. The number of aliphatic hydroxyl groups is 1. The zero-order chi connectivity index (χ0) is 12.2. The van der Waals surface area contributed by atoms with Crippen LogP contribution in [0.1, 0.15) is 38.3 Å². The van der Waals surface area contributed by atoms with E-state index in [1.807, 2.05) is 13.0 Å². The first-order chi connectivity index (χ1) is 7.51. The molecule has 0 aliphatic rings. The quantitative estimate of drug-likeness (QED) is 0.829. The third-order valence-corrected chi connectivity index (χ3v) is 2.90. The van der Waals surface area contributed by atoms with Gasteiger partial charge in [0.2, 0.25) is 0 Å². The lowest BCUT2D eigenvalue weighted by atomic mass is 9.80. The van der Waals surface area contributed by atoms with E-state index in [4.69, 9.17) is 9.84 Å². The fourth-order valence-corrected chi connectivity index (χ4v) is 1.87. The highest BCUT2D eigenvalue weighted by atomic mass is 16.5. The van der Waals surface area contributed by atoms with Gasteiger partial charge in [0.1, 0.15) is 5.75 Å². The Bertz CT molecular complexity index is 343. The topological polar surface area (TPSA) is 29.5 Å². The van der Waals surface area contributed by atoms with E-state index in [9.17, 15) is 0 Å². The second kappa shape index (κ2) is 5.35. The lowest BCUT2D eigenvalue weighted by Gasteiger charge is -2.27. The van der Waals surface area contributed by atoms with Crippen molar-refractivity contribution in [1.29, 1.82) is 0 Å². The molecule has 0 aliphatic carbocycles. The normalized spacial score (nSPS) is 11.6. The molecule has 0 amide bonds. The molecule has 1 aromatic rings. The van der Waals surface area contributed by atoms with Crippen molar-refractivity contribution in [2.45, 2.75) is 39.5 Å². The highest BCUT2D eigenvalue weighted by Crippen LogP contribution is 2.34. The Kier molecular flexibility index (Phi) is 4.36. The first-order valence-electron chi connectivity index (χ1n) is 5.86. The van der Waals surface area contributed by atoms with E-state index in [2.05, 4.69) is 32.9 Å². The Balaban J connectivity index is 3.12. The molecule has 0 fully saturated rings. The van der Waals surface area contributed by atoms with Gasteiger partial charge in [-0.05, 0) is 31.7 Å². The van der Waals surface area contributed by atoms with E-state index in [1.54, 1.807) is 0 Å². The number of hydrogen-bond acceptors (Lipinski definition) is 2. The summed E-state index contributed by atoms with van der Waals surface area (Å²) in [5.74, 6) is 0.937. The maximum atomic E-state index is 9.11. The number of ether oxygens (including phenoxy) is 1. The molecule has 16 heavy (non-hydrogen) atoms. The maximum Gasteiger partial charge on any atom is 0.123 e. The summed E-state index contributed by atoms with van der Waals surface area (Å²) in [7, 11) is 0. The van der Waals surface area contributed by atoms with Crippen molar-refractivity contribution >= 4 is 0 Å². The highest BCUT2D eigenvalue weighted by Gasteiger charge is 2.24. The molecule has 0 saturated carbocycles. The first kappa shape index (κ1) is 13.0. The van der Waals surface area contributed by atoms with Gasteiger partial charge in [0, 0.05) is 12.2 Å². The predicted octanol–water partition coefficient (Wildman–Crippen LogP) is 3.05. The van der Waals surface area contributed by atoms with Crippen molar-refractivity contribution < 1.29 is 9.84 Å². The predicted molar refractivity (Wildman–Crippen MR) is 67.1 cm³/mol. The van der Waals surface area contributed by atoms with Gasteiger partial charge in [-0.2, -0.15) is 0 Å². The number of aryl methyl sites for hydroxylation is 1. The van der Waals surface area contributed by atoms with Gasteiger partial charge in [-0.3, -0.25) is 0 Å². The first-order valence-corrected chi connectivity index (χ1v) is 5.86. The molecule has 1 N–H and O–H groups in total. The van der Waals surface area contributed by atoms with Crippen LogP contribution in [0.15, 0.2) is 18.2 Å². The minimum Gasteiger partial charge on any atom is -0.494 e. The zero-order valence-corrected chi connectivity index (χ0v) is 10.7.